The third-order valence-electron chi connectivity index (χ3n) is 3.32. The van der Waals surface area contributed by atoms with Crippen molar-refractivity contribution in [2.24, 2.45) is 0 Å². The smallest absolute Gasteiger partial charge is 0.339 e. The topological polar surface area (TPSA) is 86.7 Å². The second-order valence-corrected chi connectivity index (χ2v) is 7.12. The average Bonchev–Trinajstić information content (AvgIpc) is 2.55. The highest BCUT2D eigenvalue weighted by molar-refractivity contribution is 7.87. The Balaban J connectivity index is 2.16. The molecule has 0 N–H and O–H groups in total. The van der Waals surface area contributed by atoms with E-state index in [-0.39, 0.29) is 28.6 Å². The molecule has 0 spiro atoms. The summed E-state index contributed by atoms with van der Waals surface area (Å²) in [6.45, 7) is 4.48. The van der Waals surface area contributed by atoms with Gasteiger partial charge in [0.1, 0.15) is 17.3 Å². The SMILES string of the molecule is CC(=O)COC(=O)c1ccc(OS(=O)(=O)c2cc(C)ccc2C)cc1. The van der Waals surface area contributed by atoms with Gasteiger partial charge in [-0.25, -0.2) is 4.79 Å². The van der Waals surface area contributed by atoms with E-state index in [0.717, 1.165) is 5.56 Å². The Labute approximate surface area is 146 Å². The number of aryl methyl sites for hydroxylation is 2. The number of rotatable bonds is 6. The Morgan fingerprint density at radius 1 is 1.00 bits per heavy atom. The molecule has 0 aliphatic rings. The molecular formula is C18H18O6S. The van der Waals surface area contributed by atoms with Crippen molar-refractivity contribution in [1.29, 1.82) is 0 Å². The van der Waals surface area contributed by atoms with Crippen LogP contribution in [0.3, 0.4) is 0 Å². The molecule has 2 rings (SSSR count). The van der Waals surface area contributed by atoms with Crippen LogP contribution in [0.5, 0.6) is 5.75 Å². The molecule has 0 aliphatic heterocycles. The van der Waals surface area contributed by atoms with Gasteiger partial charge < -0.3 is 8.92 Å². The van der Waals surface area contributed by atoms with Gasteiger partial charge in [0.05, 0.1) is 5.56 Å². The van der Waals surface area contributed by atoms with Gasteiger partial charge in [0, 0.05) is 0 Å². The summed E-state index contributed by atoms with van der Waals surface area (Å²) in [4.78, 5) is 22.6. The lowest BCUT2D eigenvalue weighted by Gasteiger charge is -2.10. The minimum Gasteiger partial charge on any atom is -0.454 e. The molecule has 0 fully saturated rings. The van der Waals surface area contributed by atoms with E-state index in [2.05, 4.69) is 0 Å². The van der Waals surface area contributed by atoms with Gasteiger partial charge >= 0.3 is 16.1 Å². The predicted octanol–water partition coefficient (Wildman–Crippen LogP) is 2.82. The minimum absolute atomic E-state index is 0.0732. The van der Waals surface area contributed by atoms with Gasteiger partial charge in [0.15, 0.2) is 5.78 Å². The van der Waals surface area contributed by atoms with Crippen molar-refractivity contribution < 1.29 is 26.9 Å². The summed E-state index contributed by atoms with van der Waals surface area (Å²) in [6.07, 6.45) is 0. The fourth-order valence-corrected chi connectivity index (χ4v) is 3.29. The zero-order valence-corrected chi connectivity index (χ0v) is 14.9. The van der Waals surface area contributed by atoms with Crippen molar-refractivity contribution in [3.8, 4) is 5.75 Å². The molecule has 0 bridgehead atoms. The number of carbonyl (C=O) groups is 2. The third-order valence-corrected chi connectivity index (χ3v) is 4.71. The van der Waals surface area contributed by atoms with E-state index in [0.29, 0.717) is 5.56 Å². The maximum absolute atomic E-state index is 12.4. The number of esters is 1. The van der Waals surface area contributed by atoms with Gasteiger partial charge in [0.2, 0.25) is 0 Å². The second kappa shape index (κ2) is 7.48. The number of ether oxygens (including phenoxy) is 1. The Hall–Kier alpha value is -2.67. The van der Waals surface area contributed by atoms with Crippen molar-refractivity contribution in [2.45, 2.75) is 25.7 Å². The van der Waals surface area contributed by atoms with Crippen LogP contribution in [0.1, 0.15) is 28.4 Å². The van der Waals surface area contributed by atoms with E-state index < -0.39 is 16.1 Å². The Morgan fingerprint density at radius 3 is 2.24 bits per heavy atom. The number of ketones is 1. The molecule has 6 nitrogen and oxygen atoms in total. The van der Waals surface area contributed by atoms with Gasteiger partial charge in [-0.1, -0.05) is 12.1 Å². The molecule has 0 radical (unpaired) electrons. The summed E-state index contributed by atoms with van der Waals surface area (Å²) >= 11 is 0. The van der Waals surface area contributed by atoms with Gasteiger partial charge in [-0.15, -0.1) is 0 Å². The summed E-state index contributed by atoms with van der Waals surface area (Å²) in [7, 11) is -3.98. The van der Waals surface area contributed by atoms with Crippen molar-refractivity contribution in [1.82, 2.24) is 0 Å². The number of Topliss-reactive ketones (excluding diaryl/α,β-unsaturated/α-hetero) is 1. The normalized spacial score (nSPS) is 11.0. The number of hydrogen-bond donors (Lipinski definition) is 0. The summed E-state index contributed by atoms with van der Waals surface area (Å²) in [5.74, 6) is -0.865. The van der Waals surface area contributed by atoms with Crippen LogP contribution in [0, 0.1) is 13.8 Å². The highest BCUT2D eigenvalue weighted by Gasteiger charge is 2.20. The van der Waals surface area contributed by atoms with Crippen LogP contribution in [-0.4, -0.2) is 26.8 Å². The van der Waals surface area contributed by atoms with E-state index in [1.54, 1.807) is 19.9 Å². The van der Waals surface area contributed by atoms with E-state index >= 15 is 0 Å². The molecule has 0 heterocycles. The van der Waals surface area contributed by atoms with E-state index in [1.807, 2.05) is 6.07 Å². The molecule has 25 heavy (non-hydrogen) atoms. The highest BCUT2D eigenvalue weighted by atomic mass is 32.2. The van der Waals surface area contributed by atoms with Crippen molar-refractivity contribution >= 4 is 21.9 Å². The van der Waals surface area contributed by atoms with Crippen LogP contribution in [0.2, 0.25) is 0 Å². The monoisotopic (exact) mass is 362 g/mol. The van der Waals surface area contributed by atoms with Gasteiger partial charge in [-0.2, -0.15) is 8.42 Å². The molecule has 132 valence electrons. The summed E-state index contributed by atoms with van der Waals surface area (Å²) in [5, 5.41) is 0. The highest BCUT2D eigenvalue weighted by Crippen LogP contribution is 2.22. The number of carbonyl (C=O) groups excluding carboxylic acids is 2. The first kappa shape index (κ1) is 18.7. The molecule has 0 aliphatic carbocycles. The van der Waals surface area contributed by atoms with Crippen LogP contribution < -0.4 is 4.18 Å². The quantitative estimate of drug-likeness (QED) is 0.580. The maximum Gasteiger partial charge on any atom is 0.339 e. The fraction of sp³-hybridized carbons (Fsp3) is 0.222. The minimum atomic E-state index is -3.98. The Morgan fingerprint density at radius 2 is 1.64 bits per heavy atom. The molecule has 0 unspecified atom stereocenters. The molecule has 0 saturated heterocycles. The zero-order chi connectivity index (χ0) is 18.6. The first-order valence-electron chi connectivity index (χ1n) is 7.47. The standard InChI is InChI=1S/C18H18O6S/c1-12-4-5-13(2)17(10-12)25(21,22)24-16-8-6-15(7-9-16)18(20)23-11-14(3)19/h4-10H,11H2,1-3H3. The first-order valence-corrected chi connectivity index (χ1v) is 8.88. The van der Waals surface area contributed by atoms with Crippen LogP contribution in [0.25, 0.3) is 0 Å². The number of hydrogen-bond acceptors (Lipinski definition) is 6. The van der Waals surface area contributed by atoms with Crippen molar-refractivity contribution in [3.05, 3.63) is 59.2 Å². The molecule has 2 aromatic carbocycles. The Kier molecular flexibility index (Phi) is 5.58. The summed E-state index contributed by atoms with van der Waals surface area (Å²) < 4.78 is 34.7. The lowest BCUT2D eigenvalue weighted by atomic mass is 10.2. The predicted molar refractivity (Wildman–Crippen MR) is 91.1 cm³/mol. The molecule has 0 aromatic heterocycles. The molecule has 2 aromatic rings. The maximum atomic E-state index is 12.4. The number of benzene rings is 2. The second-order valence-electron chi connectivity index (χ2n) is 5.61. The fourth-order valence-electron chi connectivity index (χ4n) is 2.05. The van der Waals surface area contributed by atoms with Gasteiger partial charge in [-0.3, -0.25) is 4.79 Å². The van der Waals surface area contributed by atoms with Crippen LogP contribution in [0.4, 0.5) is 0 Å². The van der Waals surface area contributed by atoms with E-state index in [1.165, 1.54) is 37.3 Å². The van der Waals surface area contributed by atoms with Gasteiger partial charge in [-0.05, 0) is 62.2 Å². The molecule has 0 atom stereocenters. The van der Waals surface area contributed by atoms with Crippen LogP contribution >= 0.6 is 0 Å². The van der Waals surface area contributed by atoms with Crippen LogP contribution in [-0.2, 0) is 19.6 Å². The molecular weight excluding hydrogens is 344 g/mol. The largest absolute Gasteiger partial charge is 0.454 e. The lowest BCUT2D eigenvalue weighted by molar-refractivity contribution is -0.120. The third kappa shape index (κ3) is 4.90. The van der Waals surface area contributed by atoms with Crippen LogP contribution in [0.15, 0.2) is 47.4 Å². The first-order chi connectivity index (χ1) is 11.7. The molecule has 0 amide bonds. The summed E-state index contributed by atoms with van der Waals surface area (Å²) in [6, 6.07) is 10.5. The van der Waals surface area contributed by atoms with Gasteiger partial charge in [0.25, 0.3) is 0 Å². The van der Waals surface area contributed by atoms with Crippen molar-refractivity contribution in [3.63, 3.8) is 0 Å². The summed E-state index contributed by atoms with van der Waals surface area (Å²) in [5.41, 5.74) is 1.57. The van der Waals surface area contributed by atoms with E-state index in [9.17, 15) is 18.0 Å². The lowest BCUT2D eigenvalue weighted by Crippen LogP contribution is -2.13. The van der Waals surface area contributed by atoms with E-state index in [4.69, 9.17) is 8.92 Å². The average molecular weight is 362 g/mol. The molecule has 7 heteroatoms. The molecule has 0 saturated carbocycles. The van der Waals surface area contributed by atoms with Crippen molar-refractivity contribution in [2.75, 3.05) is 6.61 Å². The Bertz CT molecular complexity index is 898. The zero-order valence-electron chi connectivity index (χ0n) is 14.1.